The third-order valence-electron chi connectivity index (χ3n) is 3.67. The van der Waals surface area contributed by atoms with Gasteiger partial charge in [-0.2, -0.15) is 0 Å². The lowest BCUT2D eigenvalue weighted by Crippen LogP contribution is -2.44. The molecule has 140 valence electrons. The monoisotopic (exact) mass is 370 g/mol. The molecule has 0 heterocycles. The van der Waals surface area contributed by atoms with E-state index < -0.39 is 36.2 Å². The Bertz CT molecular complexity index is 877. The molecule has 0 aliphatic heterocycles. The van der Waals surface area contributed by atoms with Crippen molar-refractivity contribution in [2.45, 2.75) is 19.4 Å². The van der Waals surface area contributed by atoms with E-state index in [1.165, 1.54) is 13.0 Å². The van der Waals surface area contributed by atoms with Gasteiger partial charge < -0.3 is 20.8 Å². The summed E-state index contributed by atoms with van der Waals surface area (Å²) in [5, 5.41) is 23.1. The van der Waals surface area contributed by atoms with Crippen molar-refractivity contribution in [3.05, 3.63) is 54.1 Å². The van der Waals surface area contributed by atoms with Crippen LogP contribution in [0.15, 0.2) is 48.5 Å². The number of benzene rings is 2. The van der Waals surface area contributed by atoms with Gasteiger partial charge in [0.25, 0.3) is 0 Å². The second-order valence-electron chi connectivity index (χ2n) is 5.77. The van der Waals surface area contributed by atoms with Crippen molar-refractivity contribution in [2.75, 3.05) is 5.32 Å². The quantitative estimate of drug-likeness (QED) is 0.589. The molecule has 2 aromatic rings. The topological polar surface area (TPSA) is 133 Å². The van der Waals surface area contributed by atoms with Gasteiger partial charge in [0.2, 0.25) is 11.8 Å². The second kappa shape index (κ2) is 8.61. The fourth-order valence-corrected chi connectivity index (χ4v) is 2.54. The van der Waals surface area contributed by atoms with Crippen molar-refractivity contribution < 1.29 is 29.4 Å². The molecule has 0 aromatic heterocycles. The van der Waals surface area contributed by atoms with E-state index >= 15 is 0 Å². The molecule has 4 N–H and O–H groups in total. The summed E-state index contributed by atoms with van der Waals surface area (Å²) in [7, 11) is 0. The van der Waals surface area contributed by atoms with E-state index in [0.29, 0.717) is 16.8 Å². The van der Waals surface area contributed by atoms with Crippen LogP contribution >= 0.6 is 0 Å². The predicted molar refractivity (Wildman–Crippen MR) is 97.3 cm³/mol. The van der Waals surface area contributed by atoms with Gasteiger partial charge in [-0.05, 0) is 29.3 Å². The number of carbonyl (C=O) groups is 4. The zero-order valence-corrected chi connectivity index (χ0v) is 14.4. The lowest BCUT2D eigenvalue weighted by molar-refractivity contribution is -0.139. The smallest absolute Gasteiger partial charge is 0.336 e. The summed E-state index contributed by atoms with van der Waals surface area (Å²) in [5.41, 5.74) is 1.51. The van der Waals surface area contributed by atoms with E-state index in [1.807, 2.05) is 0 Å². The van der Waals surface area contributed by atoms with Crippen molar-refractivity contribution in [1.82, 2.24) is 5.32 Å². The molecular weight excluding hydrogens is 352 g/mol. The maximum Gasteiger partial charge on any atom is 0.336 e. The minimum absolute atomic E-state index is 0.114. The van der Waals surface area contributed by atoms with Gasteiger partial charge in [0.1, 0.15) is 6.04 Å². The molecular formula is C19H18N2O6. The Kier molecular flexibility index (Phi) is 6.27. The molecule has 27 heavy (non-hydrogen) atoms. The number of aliphatic carboxylic acids is 1. The van der Waals surface area contributed by atoms with E-state index in [4.69, 9.17) is 5.11 Å². The average Bonchev–Trinajstić information content (AvgIpc) is 2.60. The average molecular weight is 370 g/mol. The van der Waals surface area contributed by atoms with Crippen LogP contribution in [0.25, 0.3) is 11.1 Å². The number of anilines is 1. The number of carboxylic acids is 2. The Morgan fingerprint density at radius 1 is 1.00 bits per heavy atom. The van der Waals surface area contributed by atoms with E-state index in [1.54, 1.807) is 42.5 Å². The number of nitrogens with one attached hydrogen (secondary N) is 2. The van der Waals surface area contributed by atoms with Crippen molar-refractivity contribution in [3.8, 4) is 11.1 Å². The predicted octanol–water partition coefficient (Wildman–Crippen LogP) is 1.97. The Morgan fingerprint density at radius 2 is 1.70 bits per heavy atom. The van der Waals surface area contributed by atoms with Gasteiger partial charge in [0.15, 0.2) is 0 Å². The van der Waals surface area contributed by atoms with Crippen molar-refractivity contribution in [3.63, 3.8) is 0 Å². The highest BCUT2D eigenvalue weighted by Gasteiger charge is 2.23. The van der Waals surface area contributed by atoms with Gasteiger partial charge in [0.05, 0.1) is 12.0 Å². The van der Waals surface area contributed by atoms with Crippen LogP contribution in [0.1, 0.15) is 23.7 Å². The molecule has 0 aliphatic carbocycles. The summed E-state index contributed by atoms with van der Waals surface area (Å²) < 4.78 is 0. The molecule has 2 rings (SSSR count). The zero-order valence-electron chi connectivity index (χ0n) is 14.4. The molecule has 0 fully saturated rings. The molecule has 2 aromatic carbocycles. The van der Waals surface area contributed by atoms with Gasteiger partial charge in [-0.15, -0.1) is 0 Å². The molecule has 0 aliphatic rings. The Hall–Kier alpha value is -3.68. The van der Waals surface area contributed by atoms with Crippen LogP contribution in [0.4, 0.5) is 5.69 Å². The Labute approximate surface area is 154 Å². The minimum atomic E-state index is -1.23. The Balaban J connectivity index is 2.27. The highest BCUT2D eigenvalue weighted by Crippen LogP contribution is 2.26. The van der Waals surface area contributed by atoms with E-state index in [-0.39, 0.29) is 5.56 Å². The van der Waals surface area contributed by atoms with E-state index in [0.717, 1.165) is 0 Å². The number of hydrogen-bond acceptors (Lipinski definition) is 4. The van der Waals surface area contributed by atoms with E-state index in [2.05, 4.69) is 10.6 Å². The highest BCUT2D eigenvalue weighted by atomic mass is 16.4. The van der Waals surface area contributed by atoms with Gasteiger partial charge in [-0.1, -0.05) is 30.3 Å². The first-order valence-corrected chi connectivity index (χ1v) is 8.00. The zero-order chi connectivity index (χ0) is 20.0. The maximum absolute atomic E-state index is 12.3. The number of amides is 2. The molecule has 1 atom stereocenters. The number of rotatable bonds is 7. The van der Waals surface area contributed by atoms with Crippen LogP contribution in [0.2, 0.25) is 0 Å². The third kappa shape index (κ3) is 5.40. The van der Waals surface area contributed by atoms with Crippen molar-refractivity contribution >= 4 is 29.4 Å². The molecule has 0 unspecified atom stereocenters. The first-order valence-electron chi connectivity index (χ1n) is 8.00. The molecule has 0 spiro atoms. The van der Waals surface area contributed by atoms with E-state index in [9.17, 15) is 24.3 Å². The first-order chi connectivity index (χ1) is 12.8. The van der Waals surface area contributed by atoms with Crippen molar-refractivity contribution in [1.29, 1.82) is 0 Å². The fraction of sp³-hybridized carbons (Fsp3) is 0.158. The molecule has 0 saturated heterocycles. The SMILES string of the molecule is CC(=O)N[C@@H](CC(=O)O)C(=O)Nc1cccc(-c2ccccc2C(=O)O)c1. The highest BCUT2D eigenvalue weighted by molar-refractivity contribution is 6.00. The summed E-state index contributed by atoms with van der Waals surface area (Å²) in [4.78, 5) is 45.8. The number of carbonyl (C=O) groups excluding carboxylic acids is 2. The molecule has 0 bridgehead atoms. The molecule has 0 saturated carbocycles. The lowest BCUT2D eigenvalue weighted by Gasteiger charge is -2.16. The number of aromatic carboxylic acids is 1. The first kappa shape index (κ1) is 19.6. The largest absolute Gasteiger partial charge is 0.481 e. The van der Waals surface area contributed by atoms with Gasteiger partial charge in [0, 0.05) is 12.6 Å². The second-order valence-corrected chi connectivity index (χ2v) is 5.77. The number of hydrogen-bond donors (Lipinski definition) is 4. The Morgan fingerprint density at radius 3 is 2.33 bits per heavy atom. The summed E-state index contributed by atoms with van der Waals surface area (Å²) in [6.07, 6.45) is -0.563. The van der Waals surface area contributed by atoms with Gasteiger partial charge in [-0.25, -0.2) is 4.79 Å². The molecule has 0 radical (unpaired) electrons. The molecule has 2 amide bonds. The van der Waals surface area contributed by atoms with Gasteiger partial charge >= 0.3 is 11.9 Å². The number of carboxylic acid groups (broad SMARTS) is 2. The van der Waals surface area contributed by atoms with Gasteiger partial charge in [-0.3, -0.25) is 14.4 Å². The molecule has 8 heteroatoms. The van der Waals surface area contributed by atoms with Crippen LogP contribution < -0.4 is 10.6 Å². The normalized spacial score (nSPS) is 11.3. The van der Waals surface area contributed by atoms with Crippen LogP contribution in [0.5, 0.6) is 0 Å². The summed E-state index contributed by atoms with van der Waals surface area (Å²) >= 11 is 0. The van der Waals surface area contributed by atoms with Crippen LogP contribution in [0.3, 0.4) is 0 Å². The lowest BCUT2D eigenvalue weighted by atomic mass is 9.99. The van der Waals surface area contributed by atoms with Crippen LogP contribution in [0, 0.1) is 0 Å². The third-order valence-corrected chi connectivity index (χ3v) is 3.67. The minimum Gasteiger partial charge on any atom is -0.481 e. The van der Waals surface area contributed by atoms with Crippen LogP contribution in [-0.2, 0) is 14.4 Å². The maximum atomic E-state index is 12.3. The summed E-state index contributed by atoms with van der Waals surface area (Å²) in [6.45, 7) is 1.19. The fourth-order valence-electron chi connectivity index (χ4n) is 2.54. The summed E-state index contributed by atoms with van der Waals surface area (Å²) in [6, 6.07) is 11.7. The van der Waals surface area contributed by atoms with Crippen molar-refractivity contribution in [2.24, 2.45) is 0 Å². The molecule has 8 nitrogen and oxygen atoms in total. The summed E-state index contributed by atoms with van der Waals surface area (Å²) in [5.74, 6) is -3.52. The van der Waals surface area contributed by atoms with Crippen LogP contribution in [-0.4, -0.2) is 40.0 Å². The standard InChI is InChI=1S/C19H18N2O6/c1-11(22)20-16(10-17(23)24)18(25)21-13-6-4-5-12(9-13)14-7-2-3-8-15(14)19(26)27/h2-9,16H,10H2,1H3,(H,20,22)(H,21,25)(H,23,24)(H,26,27)/t16-/m0/s1.